The molecule has 0 saturated heterocycles. The van der Waals surface area contributed by atoms with Crippen LogP contribution in [0.5, 0.6) is 0 Å². The van der Waals surface area contributed by atoms with Crippen molar-refractivity contribution in [3.05, 3.63) is 65.9 Å². The molecule has 2 aromatic carbocycles. The average molecular weight is 334 g/mol. The summed E-state index contributed by atoms with van der Waals surface area (Å²) in [6.07, 6.45) is 3.85. The number of anilines is 1. The van der Waals surface area contributed by atoms with E-state index in [1.165, 1.54) is 0 Å². The number of carbonyl (C=O) groups is 2. The fraction of sp³-hybridized carbons (Fsp3) is 0.105. The zero-order valence-electron chi connectivity index (χ0n) is 13.7. The highest BCUT2D eigenvalue weighted by Gasteiger charge is 2.05. The van der Waals surface area contributed by atoms with Gasteiger partial charge in [-0.1, -0.05) is 25.1 Å². The van der Waals surface area contributed by atoms with Crippen LogP contribution in [-0.4, -0.2) is 23.0 Å². The zero-order chi connectivity index (χ0) is 17.6. The van der Waals surface area contributed by atoms with Gasteiger partial charge < -0.3 is 10.3 Å². The van der Waals surface area contributed by atoms with Crippen molar-refractivity contribution in [1.82, 2.24) is 10.4 Å². The number of nitrogens with zero attached hydrogens (tertiary/aromatic N) is 1. The molecule has 6 heteroatoms. The Kier molecular flexibility index (Phi) is 4.89. The molecule has 0 spiro atoms. The van der Waals surface area contributed by atoms with Gasteiger partial charge in [0.15, 0.2) is 0 Å². The van der Waals surface area contributed by atoms with Gasteiger partial charge in [0.1, 0.15) is 0 Å². The molecule has 126 valence electrons. The molecule has 3 rings (SSSR count). The number of H-pyrrole nitrogens is 1. The highest BCUT2D eigenvalue weighted by Crippen LogP contribution is 2.15. The topological polar surface area (TPSA) is 86.3 Å². The fourth-order valence-electron chi connectivity index (χ4n) is 2.38. The summed E-state index contributed by atoms with van der Waals surface area (Å²) in [7, 11) is 0. The summed E-state index contributed by atoms with van der Waals surface area (Å²) in [5, 5.41) is 7.78. The van der Waals surface area contributed by atoms with Crippen LogP contribution in [-0.2, 0) is 4.79 Å². The number of nitrogens with one attached hydrogen (secondary N) is 3. The Balaban J connectivity index is 1.63. The maximum atomic E-state index is 12.1. The van der Waals surface area contributed by atoms with E-state index in [4.69, 9.17) is 0 Å². The van der Waals surface area contributed by atoms with Crippen LogP contribution in [0.3, 0.4) is 0 Å². The molecule has 3 N–H and O–H groups in total. The Labute approximate surface area is 144 Å². The largest absolute Gasteiger partial charge is 0.361 e. The maximum Gasteiger partial charge on any atom is 0.271 e. The number of fused-ring (bicyclic) bond motifs is 1. The fourth-order valence-corrected chi connectivity index (χ4v) is 2.38. The van der Waals surface area contributed by atoms with Crippen LogP contribution in [0.4, 0.5) is 5.69 Å². The highest BCUT2D eigenvalue weighted by atomic mass is 16.2. The first-order valence-corrected chi connectivity index (χ1v) is 7.97. The molecule has 0 fully saturated rings. The molecule has 6 nitrogen and oxygen atoms in total. The Morgan fingerprint density at radius 3 is 2.64 bits per heavy atom. The van der Waals surface area contributed by atoms with E-state index in [-0.39, 0.29) is 11.8 Å². The van der Waals surface area contributed by atoms with Crippen molar-refractivity contribution in [1.29, 1.82) is 0 Å². The standard InChI is InChI=1S/C19H18N4O2/c1-2-18(24)22-15-9-7-13(8-10-15)19(25)23-21-12-14-11-20-17-6-4-3-5-16(14)17/h3-12,20H,2H2,1H3,(H,22,24)(H,23,25)/b21-12+. The van der Waals surface area contributed by atoms with E-state index in [1.807, 2.05) is 30.5 Å². The van der Waals surface area contributed by atoms with Crippen molar-refractivity contribution in [2.45, 2.75) is 13.3 Å². The molecule has 1 aromatic heterocycles. The molecule has 0 aliphatic carbocycles. The van der Waals surface area contributed by atoms with Crippen molar-refractivity contribution < 1.29 is 9.59 Å². The van der Waals surface area contributed by atoms with Crippen LogP contribution >= 0.6 is 0 Å². The van der Waals surface area contributed by atoms with Gasteiger partial charge in [-0.05, 0) is 30.3 Å². The van der Waals surface area contributed by atoms with Gasteiger partial charge in [0.2, 0.25) is 5.91 Å². The number of rotatable bonds is 5. The lowest BCUT2D eigenvalue weighted by atomic mass is 10.2. The monoisotopic (exact) mass is 334 g/mol. The highest BCUT2D eigenvalue weighted by molar-refractivity contribution is 6.00. The minimum absolute atomic E-state index is 0.0690. The number of benzene rings is 2. The van der Waals surface area contributed by atoms with Crippen molar-refractivity contribution in [2.75, 3.05) is 5.32 Å². The molecule has 25 heavy (non-hydrogen) atoms. The first kappa shape index (κ1) is 16.4. The van der Waals surface area contributed by atoms with Crippen molar-refractivity contribution in [3.63, 3.8) is 0 Å². The van der Waals surface area contributed by atoms with E-state index in [0.717, 1.165) is 16.5 Å². The molecule has 0 atom stereocenters. The normalized spacial score (nSPS) is 10.9. The number of hydrazone groups is 1. The molecule has 0 radical (unpaired) electrons. The average Bonchev–Trinajstić information content (AvgIpc) is 3.05. The van der Waals surface area contributed by atoms with Gasteiger partial charge in [0.25, 0.3) is 5.91 Å². The number of hydrogen-bond donors (Lipinski definition) is 3. The summed E-state index contributed by atoms with van der Waals surface area (Å²) in [6, 6.07) is 14.5. The SMILES string of the molecule is CCC(=O)Nc1ccc(C(=O)N/N=C/c2c[nH]c3ccccc23)cc1. The Morgan fingerprint density at radius 2 is 1.88 bits per heavy atom. The van der Waals surface area contributed by atoms with Crippen LogP contribution in [0.1, 0.15) is 29.3 Å². The smallest absolute Gasteiger partial charge is 0.271 e. The molecule has 2 amide bonds. The molecule has 0 bridgehead atoms. The van der Waals surface area contributed by atoms with Gasteiger partial charge in [-0.25, -0.2) is 5.43 Å². The lowest BCUT2D eigenvalue weighted by Gasteiger charge is -2.04. The third-order valence-corrected chi connectivity index (χ3v) is 3.74. The second-order valence-corrected chi connectivity index (χ2v) is 5.47. The van der Waals surface area contributed by atoms with Crippen molar-refractivity contribution in [3.8, 4) is 0 Å². The molecular formula is C19H18N4O2. The Morgan fingerprint density at radius 1 is 1.12 bits per heavy atom. The summed E-state index contributed by atoms with van der Waals surface area (Å²) in [5.41, 5.74) is 5.53. The van der Waals surface area contributed by atoms with E-state index < -0.39 is 0 Å². The third-order valence-electron chi connectivity index (χ3n) is 3.74. The summed E-state index contributed by atoms with van der Waals surface area (Å²) in [4.78, 5) is 26.6. The number of hydrogen-bond acceptors (Lipinski definition) is 3. The summed E-state index contributed by atoms with van der Waals surface area (Å²) >= 11 is 0. The number of aromatic amines is 1. The maximum absolute atomic E-state index is 12.1. The Bertz CT molecular complexity index is 926. The minimum Gasteiger partial charge on any atom is -0.361 e. The summed E-state index contributed by atoms with van der Waals surface area (Å²) < 4.78 is 0. The van der Waals surface area contributed by atoms with Crippen LogP contribution in [0.15, 0.2) is 59.8 Å². The van der Waals surface area contributed by atoms with E-state index in [2.05, 4.69) is 20.8 Å². The zero-order valence-corrected chi connectivity index (χ0v) is 13.7. The molecule has 1 heterocycles. The molecular weight excluding hydrogens is 316 g/mol. The number of para-hydroxylation sites is 1. The first-order chi connectivity index (χ1) is 12.2. The molecule has 0 aliphatic heterocycles. The van der Waals surface area contributed by atoms with Gasteiger partial charge in [0.05, 0.1) is 6.21 Å². The first-order valence-electron chi connectivity index (χ1n) is 7.97. The number of aromatic nitrogens is 1. The molecule has 0 unspecified atom stereocenters. The van der Waals surface area contributed by atoms with Crippen molar-refractivity contribution in [2.24, 2.45) is 5.10 Å². The van der Waals surface area contributed by atoms with E-state index >= 15 is 0 Å². The van der Waals surface area contributed by atoms with E-state index in [9.17, 15) is 9.59 Å². The predicted octanol–water partition coefficient (Wildman–Crippen LogP) is 3.28. The van der Waals surface area contributed by atoms with E-state index in [0.29, 0.717) is 17.7 Å². The second-order valence-electron chi connectivity index (χ2n) is 5.47. The van der Waals surface area contributed by atoms with Crippen LogP contribution in [0, 0.1) is 0 Å². The van der Waals surface area contributed by atoms with Gasteiger partial charge >= 0.3 is 0 Å². The molecule has 0 aliphatic rings. The van der Waals surface area contributed by atoms with Crippen molar-refractivity contribution >= 4 is 34.6 Å². The van der Waals surface area contributed by atoms with Gasteiger partial charge in [-0.15, -0.1) is 0 Å². The number of amides is 2. The molecule has 0 saturated carbocycles. The minimum atomic E-state index is -0.315. The lowest BCUT2D eigenvalue weighted by Crippen LogP contribution is -2.17. The van der Waals surface area contributed by atoms with Crippen LogP contribution < -0.4 is 10.7 Å². The molecule has 3 aromatic rings. The van der Waals surface area contributed by atoms with Gasteiger partial charge in [-0.2, -0.15) is 5.10 Å². The Hall–Kier alpha value is -3.41. The lowest BCUT2D eigenvalue weighted by molar-refractivity contribution is -0.115. The summed E-state index contributed by atoms with van der Waals surface area (Å²) in [6.45, 7) is 1.78. The predicted molar refractivity (Wildman–Crippen MR) is 98.7 cm³/mol. The second kappa shape index (κ2) is 7.44. The van der Waals surface area contributed by atoms with Crippen LogP contribution in [0.25, 0.3) is 10.9 Å². The summed E-state index contributed by atoms with van der Waals surface area (Å²) in [5.74, 6) is -0.384. The van der Waals surface area contributed by atoms with E-state index in [1.54, 1.807) is 37.4 Å². The quantitative estimate of drug-likeness (QED) is 0.494. The van der Waals surface area contributed by atoms with Gasteiger partial charge in [0, 0.05) is 40.3 Å². The number of carbonyl (C=O) groups excluding carboxylic acids is 2. The third kappa shape index (κ3) is 3.92. The van der Waals surface area contributed by atoms with Gasteiger partial charge in [-0.3, -0.25) is 9.59 Å². The van der Waals surface area contributed by atoms with Crippen LogP contribution in [0.2, 0.25) is 0 Å².